The molecule has 0 saturated heterocycles. The Morgan fingerprint density at radius 1 is 1.25 bits per heavy atom. The molecule has 1 N–H and O–H groups in total. The van der Waals surface area contributed by atoms with Crippen molar-refractivity contribution in [3.05, 3.63) is 69.1 Å². The molecular formula is C19H23N3OS. The zero-order valence-electron chi connectivity index (χ0n) is 14.3. The monoisotopic (exact) mass is 341 g/mol. The van der Waals surface area contributed by atoms with Gasteiger partial charge in [-0.3, -0.25) is 9.20 Å². The Hall–Kier alpha value is -1.98. The highest BCUT2D eigenvalue weighted by Gasteiger charge is 2.16. The Morgan fingerprint density at radius 3 is 2.67 bits per heavy atom. The van der Waals surface area contributed by atoms with E-state index < -0.39 is 0 Å². The first-order valence-corrected chi connectivity index (χ1v) is 9.24. The third-order valence-electron chi connectivity index (χ3n) is 4.27. The quantitative estimate of drug-likeness (QED) is 0.742. The summed E-state index contributed by atoms with van der Waals surface area (Å²) in [7, 11) is 0. The van der Waals surface area contributed by atoms with Crippen molar-refractivity contribution in [2.45, 2.75) is 39.8 Å². The van der Waals surface area contributed by atoms with Gasteiger partial charge in [0.15, 0.2) is 4.96 Å². The molecule has 126 valence electrons. The average molecular weight is 341 g/mol. The van der Waals surface area contributed by atoms with Crippen molar-refractivity contribution in [2.24, 2.45) is 5.92 Å². The summed E-state index contributed by atoms with van der Waals surface area (Å²) in [6, 6.07) is 10.6. The van der Waals surface area contributed by atoms with E-state index in [1.165, 1.54) is 22.5 Å². The van der Waals surface area contributed by atoms with Gasteiger partial charge in [-0.15, -0.1) is 11.3 Å². The van der Waals surface area contributed by atoms with Crippen LogP contribution in [0, 0.1) is 5.92 Å². The maximum Gasteiger partial charge on any atom is 0.258 e. The highest BCUT2D eigenvalue weighted by Crippen LogP contribution is 2.22. The van der Waals surface area contributed by atoms with Gasteiger partial charge in [0.1, 0.15) is 0 Å². The topological polar surface area (TPSA) is 46.4 Å². The van der Waals surface area contributed by atoms with Crippen molar-refractivity contribution in [2.75, 3.05) is 0 Å². The lowest BCUT2D eigenvalue weighted by molar-refractivity contribution is 0.408. The molecule has 1 aromatic carbocycles. The first kappa shape index (κ1) is 16.9. The summed E-state index contributed by atoms with van der Waals surface area (Å²) < 4.78 is 1.58. The Morgan fingerprint density at radius 2 is 2.00 bits per heavy atom. The molecule has 0 bridgehead atoms. The second-order valence-corrected chi connectivity index (χ2v) is 7.21. The van der Waals surface area contributed by atoms with E-state index in [1.807, 2.05) is 5.38 Å². The molecule has 0 radical (unpaired) electrons. The van der Waals surface area contributed by atoms with Crippen LogP contribution in [0.5, 0.6) is 0 Å². The van der Waals surface area contributed by atoms with Crippen molar-refractivity contribution in [3.8, 4) is 0 Å². The fraction of sp³-hybridized carbons (Fsp3) is 0.368. The maximum absolute atomic E-state index is 12.1. The second-order valence-electron chi connectivity index (χ2n) is 6.34. The lowest BCUT2D eigenvalue weighted by Crippen LogP contribution is -2.26. The van der Waals surface area contributed by atoms with E-state index in [9.17, 15) is 4.79 Å². The van der Waals surface area contributed by atoms with E-state index in [0.29, 0.717) is 12.5 Å². The molecule has 2 aromatic heterocycles. The molecule has 0 aliphatic carbocycles. The summed E-state index contributed by atoms with van der Waals surface area (Å²) in [5.74, 6) is 0.448. The minimum absolute atomic E-state index is 0.0218. The van der Waals surface area contributed by atoms with E-state index in [2.05, 4.69) is 55.3 Å². The number of nitrogens with zero attached hydrogens (tertiary/aromatic N) is 2. The molecule has 2 heterocycles. The van der Waals surface area contributed by atoms with Crippen LogP contribution < -0.4 is 10.9 Å². The van der Waals surface area contributed by atoms with Gasteiger partial charge in [-0.25, -0.2) is 4.98 Å². The molecule has 5 heteroatoms. The molecule has 24 heavy (non-hydrogen) atoms. The van der Waals surface area contributed by atoms with Gasteiger partial charge in [0.25, 0.3) is 5.56 Å². The summed E-state index contributed by atoms with van der Waals surface area (Å²) in [6.45, 7) is 7.16. The number of rotatable bonds is 6. The van der Waals surface area contributed by atoms with Gasteiger partial charge >= 0.3 is 0 Å². The SMILES string of the molecule is CCc1ccc([C@@H](NCc2cc(=O)n3ccsc3n2)C(C)C)cc1. The largest absolute Gasteiger partial charge is 0.304 e. The first-order valence-electron chi connectivity index (χ1n) is 8.36. The second kappa shape index (κ2) is 7.28. The molecule has 0 spiro atoms. The molecule has 0 aliphatic heterocycles. The number of thiazole rings is 1. The molecule has 0 saturated carbocycles. The molecule has 4 nitrogen and oxygen atoms in total. The summed E-state index contributed by atoms with van der Waals surface area (Å²) in [5.41, 5.74) is 3.39. The minimum atomic E-state index is -0.0218. The lowest BCUT2D eigenvalue weighted by atomic mass is 9.95. The van der Waals surface area contributed by atoms with Crippen molar-refractivity contribution >= 4 is 16.3 Å². The zero-order chi connectivity index (χ0) is 17.1. The minimum Gasteiger partial charge on any atom is -0.304 e. The van der Waals surface area contributed by atoms with E-state index in [-0.39, 0.29) is 11.6 Å². The van der Waals surface area contributed by atoms with Gasteiger partial charge < -0.3 is 5.32 Å². The van der Waals surface area contributed by atoms with Crippen LogP contribution in [-0.4, -0.2) is 9.38 Å². The number of nitrogens with one attached hydrogen (secondary N) is 1. The maximum atomic E-state index is 12.1. The normalized spacial score (nSPS) is 12.8. The number of aryl methyl sites for hydroxylation is 1. The predicted molar refractivity (Wildman–Crippen MR) is 99.6 cm³/mol. The molecule has 3 rings (SSSR count). The number of aromatic nitrogens is 2. The number of benzene rings is 1. The van der Waals surface area contributed by atoms with Crippen molar-refractivity contribution in [1.82, 2.24) is 14.7 Å². The van der Waals surface area contributed by atoms with Gasteiger partial charge in [-0.05, 0) is 23.5 Å². The third-order valence-corrected chi connectivity index (χ3v) is 5.03. The zero-order valence-corrected chi connectivity index (χ0v) is 15.1. The van der Waals surface area contributed by atoms with Gasteiger partial charge in [-0.1, -0.05) is 45.0 Å². The van der Waals surface area contributed by atoms with Crippen LogP contribution in [0.25, 0.3) is 4.96 Å². The number of fused-ring (bicyclic) bond motifs is 1. The van der Waals surface area contributed by atoms with E-state index >= 15 is 0 Å². The van der Waals surface area contributed by atoms with Gasteiger partial charge in [-0.2, -0.15) is 0 Å². The Kier molecular flexibility index (Phi) is 5.11. The standard InChI is InChI=1S/C19H23N3OS/c1-4-14-5-7-15(8-6-14)18(13(2)3)20-12-16-11-17(23)22-9-10-24-19(22)21-16/h5-11,13,18,20H,4,12H2,1-3H3/t18-/m0/s1. The first-order chi connectivity index (χ1) is 11.6. The summed E-state index contributed by atoms with van der Waals surface area (Å²) in [5, 5.41) is 5.45. The van der Waals surface area contributed by atoms with Crippen LogP contribution in [0.3, 0.4) is 0 Å². The molecule has 0 unspecified atom stereocenters. The van der Waals surface area contributed by atoms with Crippen LogP contribution in [0.15, 0.2) is 46.7 Å². The van der Waals surface area contributed by atoms with E-state index in [1.54, 1.807) is 16.7 Å². The summed E-state index contributed by atoms with van der Waals surface area (Å²) >= 11 is 1.48. The Balaban J connectivity index is 1.78. The molecular weight excluding hydrogens is 318 g/mol. The average Bonchev–Trinajstić information content (AvgIpc) is 3.04. The Bertz CT molecular complexity index is 864. The van der Waals surface area contributed by atoms with Crippen molar-refractivity contribution < 1.29 is 0 Å². The van der Waals surface area contributed by atoms with Crippen LogP contribution >= 0.6 is 11.3 Å². The smallest absolute Gasteiger partial charge is 0.258 e. The molecule has 0 aliphatic rings. The third kappa shape index (κ3) is 3.57. The Labute approximate surface area is 146 Å². The number of hydrogen-bond acceptors (Lipinski definition) is 4. The van der Waals surface area contributed by atoms with Gasteiger partial charge in [0.2, 0.25) is 0 Å². The van der Waals surface area contributed by atoms with Crippen molar-refractivity contribution in [3.63, 3.8) is 0 Å². The fourth-order valence-corrected chi connectivity index (χ4v) is 3.63. The number of hydrogen-bond donors (Lipinski definition) is 1. The van der Waals surface area contributed by atoms with Crippen LogP contribution in [0.1, 0.15) is 43.6 Å². The van der Waals surface area contributed by atoms with Crippen molar-refractivity contribution in [1.29, 1.82) is 0 Å². The molecule has 0 amide bonds. The molecule has 0 fully saturated rings. The summed E-state index contributed by atoms with van der Waals surface area (Å²) in [4.78, 5) is 17.4. The fourth-order valence-electron chi connectivity index (χ4n) is 2.89. The van der Waals surface area contributed by atoms with Gasteiger partial charge in [0, 0.05) is 30.2 Å². The molecule has 3 aromatic rings. The lowest BCUT2D eigenvalue weighted by Gasteiger charge is -2.23. The highest BCUT2D eigenvalue weighted by atomic mass is 32.1. The predicted octanol–water partition coefficient (Wildman–Crippen LogP) is 3.81. The van der Waals surface area contributed by atoms with E-state index in [4.69, 9.17) is 0 Å². The van der Waals surface area contributed by atoms with Crippen LogP contribution in [0.4, 0.5) is 0 Å². The molecule has 1 atom stereocenters. The van der Waals surface area contributed by atoms with Crippen LogP contribution in [0.2, 0.25) is 0 Å². The van der Waals surface area contributed by atoms with Gasteiger partial charge in [0.05, 0.1) is 5.69 Å². The van der Waals surface area contributed by atoms with E-state index in [0.717, 1.165) is 17.1 Å². The highest BCUT2D eigenvalue weighted by molar-refractivity contribution is 7.15. The summed E-state index contributed by atoms with van der Waals surface area (Å²) in [6.07, 6.45) is 2.81. The van der Waals surface area contributed by atoms with Crippen LogP contribution in [-0.2, 0) is 13.0 Å².